The molecule has 3 aromatic rings. The fourth-order valence-electron chi connectivity index (χ4n) is 2.99. The third-order valence-corrected chi connectivity index (χ3v) is 3.76. The Morgan fingerprint density at radius 3 is 3.06 bits per heavy atom. The van der Waals surface area contributed by atoms with Crippen molar-refractivity contribution >= 4 is 10.9 Å². The lowest BCUT2D eigenvalue weighted by atomic mass is 10.1. The number of rotatable bonds is 0. The number of aromatic amines is 1. The highest BCUT2D eigenvalue weighted by Crippen LogP contribution is 2.40. The number of aromatic nitrogens is 3. The molecule has 0 unspecified atom stereocenters. The molecule has 1 aliphatic carbocycles. The third-order valence-electron chi connectivity index (χ3n) is 3.76. The topological polar surface area (TPSA) is 50.7 Å². The lowest BCUT2D eigenvalue weighted by Crippen LogP contribution is -2.08. The summed E-state index contributed by atoms with van der Waals surface area (Å²) < 4.78 is 2.07. The minimum absolute atomic E-state index is 0.0999. The number of hydrogen-bond acceptors (Lipinski definition) is 2. The van der Waals surface area contributed by atoms with E-state index in [9.17, 15) is 4.79 Å². The normalized spacial score (nSPS) is 12.7. The predicted molar refractivity (Wildman–Crippen MR) is 69.6 cm³/mol. The Kier molecular flexibility index (Phi) is 1.66. The Hall–Kier alpha value is -2.36. The molecule has 0 radical (unpaired) electrons. The maximum Gasteiger partial charge on any atom is 0.273 e. The van der Waals surface area contributed by atoms with Crippen LogP contribution in [0.25, 0.3) is 22.2 Å². The first-order chi connectivity index (χ1) is 8.77. The summed E-state index contributed by atoms with van der Waals surface area (Å²) in [6.45, 7) is 0. The molecule has 0 fully saturated rings. The van der Waals surface area contributed by atoms with E-state index in [2.05, 4.69) is 26.9 Å². The summed E-state index contributed by atoms with van der Waals surface area (Å²) >= 11 is 0. The molecule has 0 aliphatic heterocycles. The van der Waals surface area contributed by atoms with Gasteiger partial charge >= 0.3 is 0 Å². The molecule has 0 saturated carbocycles. The molecule has 0 atom stereocenters. The van der Waals surface area contributed by atoms with E-state index in [4.69, 9.17) is 0 Å². The molecule has 0 amide bonds. The van der Waals surface area contributed by atoms with Crippen molar-refractivity contribution < 1.29 is 0 Å². The fourth-order valence-corrected chi connectivity index (χ4v) is 2.99. The van der Waals surface area contributed by atoms with Crippen molar-refractivity contribution in [3.63, 3.8) is 0 Å². The van der Waals surface area contributed by atoms with Crippen LogP contribution in [0.3, 0.4) is 0 Å². The van der Waals surface area contributed by atoms with Gasteiger partial charge in [0.25, 0.3) is 5.56 Å². The van der Waals surface area contributed by atoms with E-state index in [1.54, 1.807) is 6.20 Å². The molecule has 0 saturated heterocycles. The van der Waals surface area contributed by atoms with Crippen LogP contribution >= 0.6 is 0 Å². The van der Waals surface area contributed by atoms with Gasteiger partial charge < -0.3 is 4.57 Å². The van der Waals surface area contributed by atoms with Crippen LogP contribution in [0.2, 0.25) is 0 Å². The predicted octanol–water partition coefficient (Wildman–Crippen LogP) is 1.83. The van der Waals surface area contributed by atoms with Gasteiger partial charge in [-0.2, -0.15) is 5.10 Å². The summed E-state index contributed by atoms with van der Waals surface area (Å²) in [5, 5.41) is 7.19. The summed E-state index contributed by atoms with van der Waals surface area (Å²) in [7, 11) is 1.99. The zero-order valence-electron chi connectivity index (χ0n) is 9.90. The number of nitrogens with zero attached hydrogens (tertiary/aromatic N) is 2. The highest BCUT2D eigenvalue weighted by molar-refractivity contribution is 5.94. The van der Waals surface area contributed by atoms with Gasteiger partial charge in [-0.15, -0.1) is 0 Å². The number of aryl methyl sites for hydroxylation is 1. The van der Waals surface area contributed by atoms with Crippen molar-refractivity contribution in [3.8, 4) is 11.3 Å². The second-order valence-corrected chi connectivity index (χ2v) is 4.68. The zero-order chi connectivity index (χ0) is 12.3. The number of H-pyrrole nitrogens is 1. The van der Waals surface area contributed by atoms with Gasteiger partial charge in [0.2, 0.25) is 0 Å². The standard InChI is InChI=1S/C14H11N3O/c1-17-11-7-15-16-14(18)12(11)10-6-8-4-2-3-5-9(8)13(10)17/h2-5,7H,6H2,1H3,(H,16,18). The first-order valence-corrected chi connectivity index (χ1v) is 5.90. The quantitative estimate of drug-likeness (QED) is 0.507. The summed E-state index contributed by atoms with van der Waals surface area (Å²) in [6.07, 6.45) is 2.55. The van der Waals surface area contributed by atoms with Crippen molar-refractivity contribution in [2.75, 3.05) is 0 Å². The number of hydrogen-bond donors (Lipinski definition) is 1. The summed E-state index contributed by atoms with van der Waals surface area (Å²) in [4.78, 5) is 12.0. The van der Waals surface area contributed by atoms with Crippen LogP contribution in [-0.4, -0.2) is 14.8 Å². The molecular weight excluding hydrogens is 226 g/mol. The maximum absolute atomic E-state index is 12.0. The third kappa shape index (κ3) is 1.00. The second kappa shape index (κ2) is 3.10. The molecule has 1 aliphatic rings. The molecule has 0 bridgehead atoms. The second-order valence-electron chi connectivity index (χ2n) is 4.68. The first-order valence-electron chi connectivity index (χ1n) is 5.90. The van der Waals surface area contributed by atoms with Gasteiger partial charge in [-0.25, -0.2) is 5.10 Å². The van der Waals surface area contributed by atoms with E-state index >= 15 is 0 Å². The Bertz CT molecular complexity index is 842. The van der Waals surface area contributed by atoms with E-state index in [-0.39, 0.29) is 5.56 Å². The number of benzene rings is 1. The van der Waals surface area contributed by atoms with E-state index in [1.807, 2.05) is 19.2 Å². The van der Waals surface area contributed by atoms with Gasteiger partial charge in [0.1, 0.15) is 0 Å². The van der Waals surface area contributed by atoms with Crippen molar-refractivity contribution in [2.24, 2.45) is 7.05 Å². The van der Waals surface area contributed by atoms with Gasteiger partial charge in [-0.05, 0) is 11.1 Å². The fraction of sp³-hybridized carbons (Fsp3) is 0.143. The van der Waals surface area contributed by atoms with E-state index in [0.29, 0.717) is 0 Å². The van der Waals surface area contributed by atoms with E-state index < -0.39 is 0 Å². The van der Waals surface area contributed by atoms with Crippen LogP contribution in [0.4, 0.5) is 0 Å². The van der Waals surface area contributed by atoms with Crippen molar-refractivity contribution in [1.82, 2.24) is 14.8 Å². The average Bonchev–Trinajstić information content (AvgIpc) is 2.87. The summed E-state index contributed by atoms with van der Waals surface area (Å²) in [5.74, 6) is 0. The highest BCUT2D eigenvalue weighted by Gasteiger charge is 2.26. The molecule has 2 aromatic heterocycles. The Balaban J connectivity index is 2.22. The molecule has 0 spiro atoms. The van der Waals surface area contributed by atoms with Gasteiger partial charge in [-0.3, -0.25) is 4.79 Å². The van der Waals surface area contributed by atoms with Crippen molar-refractivity contribution in [2.45, 2.75) is 6.42 Å². The summed E-state index contributed by atoms with van der Waals surface area (Å²) in [6, 6.07) is 8.31. The molecule has 88 valence electrons. The SMILES string of the molecule is Cn1c2c(c3c(=O)[nH]ncc31)Cc1ccccc1-2. The molecule has 4 rings (SSSR count). The molecule has 18 heavy (non-hydrogen) atoms. The Labute approximate surface area is 103 Å². The monoisotopic (exact) mass is 237 g/mol. The van der Waals surface area contributed by atoms with Crippen LogP contribution < -0.4 is 5.56 Å². The lowest BCUT2D eigenvalue weighted by molar-refractivity contribution is 0.951. The minimum Gasteiger partial charge on any atom is -0.342 e. The Morgan fingerprint density at radius 2 is 2.17 bits per heavy atom. The largest absolute Gasteiger partial charge is 0.342 e. The lowest BCUT2D eigenvalue weighted by Gasteiger charge is -2.03. The van der Waals surface area contributed by atoms with E-state index in [1.165, 1.54) is 11.1 Å². The van der Waals surface area contributed by atoms with Crippen molar-refractivity contribution in [1.29, 1.82) is 0 Å². The molecular formula is C14H11N3O. The van der Waals surface area contributed by atoms with Gasteiger partial charge in [0, 0.05) is 19.0 Å². The van der Waals surface area contributed by atoms with Crippen LogP contribution in [0.15, 0.2) is 35.3 Å². The molecule has 1 N–H and O–H groups in total. The minimum atomic E-state index is -0.0999. The van der Waals surface area contributed by atoms with Crippen LogP contribution in [0.5, 0.6) is 0 Å². The number of nitrogens with one attached hydrogen (secondary N) is 1. The van der Waals surface area contributed by atoms with Crippen molar-refractivity contribution in [3.05, 3.63) is 51.9 Å². The number of fused-ring (bicyclic) bond motifs is 5. The van der Waals surface area contributed by atoms with E-state index in [0.717, 1.165) is 28.6 Å². The maximum atomic E-state index is 12.0. The van der Waals surface area contributed by atoms with Gasteiger partial charge in [0.05, 0.1) is 22.8 Å². The van der Waals surface area contributed by atoms with Gasteiger partial charge in [0.15, 0.2) is 0 Å². The zero-order valence-corrected chi connectivity index (χ0v) is 9.90. The molecule has 4 nitrogen and oxygen atoms in total. The molecule has 1 aromatic carbocycles. The highest BCUT2D eigenvalue weighted by atomic mass is 16.1. The first kappa shape index (κ1) is 9.65. The smallest absolute Gasteiger partial charge is 0.273 e. The van der Waals surface area contributed by atoms with Crippen LogP contribution in [-0.2, 0) is 13.5 Å². The summed E-state index contributed by atoms with van der Waals surface area (Å²) in [5.41, 5.74) is 5.59. The Morgan fingerprint density at radius 1 is 1.33 bits per heavy atom. The average molecular weight is 237 g/mol. The molecule has 4 heteroatoms. The van der Waals surface area contributed by atoms with Crippen LogP contribution in [0, 0.1) is 0 Å². The van der Waals surface area contributed by atoms with Crippen LogP contribution in [0.1, 0.15) is 11.1 Å². The van der Waals surface area contributed by atoms with Gasteiger partial charge in [-0.1, -0.05) is 24.3 Å². The molecule has 2 heterocycles.